The van der Waals surface area contributed by atoms with Crippen LogP contribution in [0.25, 0.3) is 0 Å². The number of nitrogens with one attached hydrogen (secondary N) is 2. The van der Waals surface area contributed by atoms with Crippen LogP contribution in [0, 0.1) is 0 Å². The predicted octanol–water partition coefficient (Wildman–Crippen LogP) is 4.18. The molecule has 1 atom stereocenters. The number of amides is 4. The van der Waals surface area contributed by atoms with E-state index in [-0.39, 0.29) is 19.7 Å². The Hall–Kier alpha value is -2.42. The van der Waals surface area contributed by atoms with Gasteiger partial charge >= 0.3 is 12.1 Å². The molecule has 9 heteroatoms. The van der Waals surface area contributed by atoms with Crippen molar-refractivity contribution >= 4 is 41.1 Å². The van der Waals surface area contributed by atoms with Crippen LogP contribution in [-0.4, -0.2) is 52.2 Å². The molecule has 1 saturated heterocycles. The second-order valence-electron chi connectivity index (χ2n) is 6.78. The molecule has 30 heavy (non-hydrogen) atoms. The van der Waals surface area contributed by atoms with Crippen LogP contribution in [0.1, 0.15) is 18.9 Å². The van der Waals surface area contributed by atoms with Gasteiger partial charge in [0.2, 0.25) is 0 Å². The SMILES string of the molecule is CCCSc1ccc(NC2NC(=O)N(CCO)C(=O)N2Cc2ccc(Cl)cc2)cc1. The molecule has 3 N–H and O–H groups in total. The quantitative estimate of drug-likeness (QED) is 0.501. The number of carbonyl (C=O) groups is 2. The molecule has 0 saturated carbocycles. The monoisotopic (exact) mass is 448 g/mol. The zero-order chi connectivity index (χ0) is 21.5. The maximum absolute atomic E-state index is 13.0. The Morgan fingerprint density at radius 3 is 2.47 bits per heavy atom. The highest BCUT2D eigenvalue weighted by Crippen LogP contribution is 2.23. The summed E-state index contributed by atoms with van der Waals surface area (Å²) in [6, 6.07) is 14.0. The molecule has 0 aromatic heterocycles. The predicted molar refractivity (Wildman–Crippen MR) is 120 cm³/mol. The van der Waals surface area contributed by atoms with Crippen LogP contribution in [0.15, 0.2) is 53.4 Å². The first-order valence-corrected chi connectivity index (χ1v) is 11.1. The van der Waals surface area contributed by atoms with Crippen molar-refractivity contribution in [3.8, 4) is 0 Å². The van der Waals surface area contributed by atoms with Crippen LogP contribution in [0.4, 0.5) is 15.3 Å². The summed E-state index contributed by atoms with van der Waals surface area (Å²) in [6.45, 7) is 2.03. The van der Waals surface area contributed by atoms with E-state index in [4.69, 9.17) is 11.6 Å². The number of imide groups is 1. The van der Waals surface area contributed by atoms with Crippen LogP contribution >= 0.6 is 23.4 Å². The molecule has 1 aliphatic rings. The second-order valence-corrected chi connectivity index (χ2v) is 8.39. The molecule has 0 spiro atoms. The standard InChI is InChI=1S/C21H25ClN4O3S/c1-2-13-30-18-9-7-17(8-10-18)23-19-24-20(28)25(11-12-27)21(29)26(19)14-15-3-5-16(22)6-4-15/h3-10,19,23,27H,2,11-14H2,1H3,(H,24,28). The van der Waals surface area contributed by atoms with E-state index in [0.717, 1.165) is 28.3 Å². The summed E-state index contributed by atoms with van der Waals surface area (Å²) >= 11 is 7.74. The number of nitrogens with zero attached hydrogens (tertiary/aromatic N) is 2. The molecule has 0 aliphatic carbocycles. The van der Waals surface area contributed by atoms with E-state index in [1.165, 1.54) is 9.80 Å². The fraction of sp³-hybridized carbons (Fsp3) is 0.333. The lowest BCUT2D eigenvalue weighted by atomic mass is 10.2. The summed E-state index contributed by atoms with van der Waals surface area (Å²) in [5.41, 5.74) is 1.65. The zero-order valence-electron chi connectivity index (χ0n) is 16.7. The van der Waals surface area contributed by atoms with Gasteiger partial charge in [-0.3, -0.25) is 10.2 Å². The van der Waals surface area contributed by atoms with Crippen molar-refractivity contribution in [2.75, 3.05) is 24.2 Å². The highest BCUT2D eigenvalue weighted by atomic mass is 35.5. The maximum atomic E-state index is 13.0. The van der Waals surface area contributed by atoms with Gasteiger partial charge in [-0.1, -0.05) is 30.7 Å². The van der Waals surface area contributed by atoms with E-state index >= 15 is 0 Å². The molecule has 7 nitrogen and oxygen atoms in total. The van der Waals surface area contributed by atoms with Gasteiger partial charge in [-0.15, -0.1) is 11.8 Å². The fourth-order valence-electron chi connectivity index (χ4n) is 3.01. The number of aliphatic hydroxyl groups excluding tert-OH is 1. The molecule has 3 rings (SSSR count). The molecule has 2 aromatic rings. The third kappa shape index (κ3) is 5.59. The van der Waals surface area contributed by atoms with E-state index in [2.05, 4.69) is 17.6 Å². The van der Waals surface area contributed by atoms with Crippen LogP contribution in [0.3, 0.4) is 0 Å². The number of carbonyl (C=O) groups excluding carboxylic acids is 2. The van der Waals surface area contributed by atoms with E-state index in [1.54, 1.807) is 23.9 Å². The Labute approximate surface area is 185 Å². The van der Waals surface area contributed by atoms with Gasteiger partial charge in [0.25, 0.3) is 0 Å². The van der Waals surface area contributed by atoms with E-state index in [0.29, 0.717) is 5.02 Å². The van der Waals surface area contributed by atoms with E-state index in [1.807, 2.05) is 36.4 Å². The molecular formula is C21H25ClN4O3S. The largest absolute Gasteiger partial charge is 0.395 e. The lowest BCUT2D eigenvalue weighted by Gasteiger charge is -2.41. The Kier molecular flexibility index (Phi) is 7.84. The van der Waals surface area contributed by atoms with Gasteiger partial charge in [-0.05, 0) is 54.1 Å². The highest BCUT2D eigenvalue weighted by Gasteiger charge is 2.38. The summed E-state index contributed by atoms with van der Waals surface area (Å²) in [6.07, 6.45) is 0.370. The van der Waals surface area contributed by atoms with Gasteiger partial charge in [-0.25, -0.2) is 14.5 Å². The number of thioether (sulfide) groups is 1. The summed E-state index contributed by atoms with van der Waals surface area (Å²) in [5, 5.41) is 15.8. The van der Waals surface area contributed by atoms with Gasteiger partial charge in [0.1, 0.15) is 0 Å². The molecule has 1 fully saturated rings. The Morgan fingerprint density at radius 1 is 1.13 bits per heavy atom. The lowest BCUT2D eigenvalue weighted by molar-refractivity contribution is 0.0992. The Balaban J connectivity index is 1.79. The average Bonchev–Trinajstić information content (AvgIpc) is 2.75. The average molecular weight is 449 g/mol. The molecule has 1 heterocycles. The van der Waals surface area contributed by atoms with Crippen molar-refractivity contribution < 1.29 is 14.7 Å². The molecule has 0 bridgehead atoms. The summed E-state index contributed by atoms with van der Waals surface area (Å²) < 4.78 is 0. The molecular weight excluding hydrogens is 424 g/mol. The number of rotatable bonds is 9. The molecule has 2 aromatic carbocycles. The van der Waals surface area contributed by atoms with Gasteiger partial charge in [0, 0.05) is 15.6 Å². The normalized spacial score (nSPS) is 16.6. The van der Waals surface area contributed by atoms with E-state index < -0.39 is 18.4 Å². The van der Waals surface area contributed by atoms with Crippen LogP contribution in [0.5, 0.6) is 0 Å². The van der Waals surface area contributed by atoms with Crippen molar-refractivity contribution in [3.63, 3.8) is 0 Å². The molecule has 160 valence electrons. The van der Waals surface area contributed by atoms with Crippen LogP contribution in [-0.2, 0) is 6.54 Å². The first-order valence-electron chi connectivity index (χ1n) is 9.75. The number of hydrogen-bond donors (Lipinski definition) is 3. The zero-order valence-corrected chi connectivity index (χ0v) is 18.2. The third-order valence-corrected chi connectivity index (χ3v) is 5.98. The summed E-state index contributed by atoms with van der Waals surface area (Å²) in [7, 11) is 0. The van der Waals surface area contributed by atoms with Gasteiger partial charge < -0.3 is 10.4 Å². The fourth-order valence-corrected chi connectivity index (χ4v) is 3.90. The van der Waals surface area contributed by atoms with Gasteiger partial charge in [0.05, 0.1) is 19.7 Å². The first kappa shape index (κ1) is 22.3. The number of urea groups is 2. The summed E-state index contributed by atoms with van der Waals surface area (Å²) in [4.78, 5) is 29.1. The van der Waals surface area contributed by atoms with Crippen LogP contribution < -0.4 is 10.6 Å². The van der Waals surface area contributed by atoms with Crippen molar-refractivity contribution in [1.82, 2.24) is 15.1 Å². The molecule has 4 amide bonds. The topological polar surface area (TPSA) is 84.9 Å². The number of benzene rings is 2. The minimum atomic E-state index is -0.732. The van der Waals surface area contributed by atoms with Gasteiger partial charge in [-0.2, -0.15) is 0 Å². The number of hydrogen-bond acceptors (Lipinski definition) is 5. The van der Waals surface area contributed by atoms with E-state index in [9.17, 15) is 14.7 Å². The van der Waals surface area contributed by atoms with Crippen LogP contribution in [0.2, 0.25) is 5.02 Å². The molecule has 1 unspecified atom stereocenters. The first-order chi connectivity index (χ1) is 14.5. The van der Waals surface area contributed by atoms with Crippen molar-refractivity contribution in [3.05, 3.63) is 59.1 Å². The Morgan fingerprint density at radius 2 is 1.83 bits per heavy atom. The van der Waals surface area contributed by atoms with Crippen molar-refractivity contribution in [2.24, 2.45) is 0 Å². The number of β-amino-alcohol motifs (C(OH)–C–C–N with tert-alkyl or cyclic N) is 1. The van der Waals surface area contributed by atoms with Gasteiger partial charge in [0.15, 0.2) is 6.29 Å². The number of aliphatic hydroxyl groups is 1. The summed E-state index contributed by atoms with van der Waals surface area (Å²) in [5.74, 6) is 1.05. The number of anilines is 1. The van der Waals surface area contributed by atoms with Crippen molar-refractivity contribution in [2.45, 2.75) is 31.1 Å². The minimum absolute atomic E-state index is 0.0716. The lowest BCUT2D eigenvalue weighted by Crippen LogP contribution is -2.67. The van der Waals surface area contributed by atoms with Crippen molar-refractivity contribution in [1.29, 1.82) is 0 Å². The maximum Gasteiger partial charge on any atom is 0.331 e. The Bertz CT molecular complexity index is 864. The molecule has 0 radical (unpaired) electrons. The minimum Gasteiger partial charge on any atom is -0.395 e. The second kappa shape index (κ2) is 10.6. The smallest absolute Gasteiger partial charge is 0.331 e. The highest BCUT2D eigenvalue weighted by molar-refractivity contribution is 7.99. The third-order valence-electron chi connectivity index (χ3n) is 4.51. The molecule has 1 aliphatic heterocycles. The number of halogens is 1.